The first-order valence-electron chi connectivity index (χ1n) is 12.3. The van der Waals surface area contributed by atoms with Gasteiger partial charge in [0.05, 0.1) is 9.79 Å². The lowest BCUT2D eigenvalue weighted by atomic mass is 10.3. The van der Waals surface area contributed by atoms with Crippen molar-refractivity contribution in [3.8, 4) is 0 Å². The van der Waals surface area contributed by atoms with Gasteiger partial charge < -0.3 is 9.80 Å². The molecule has 0 bridgehead atoms. The lowest BCUT2D eigenvalue weighted by Crippen LogP contribution is -2.38. The molecule has 5 rings (SSSR count). The van der Waals surface area contributed by atoms with Crippen molar-refractivity contribution in [2.75, 3.05) is 34.9 Å². The van der Waals surface area contributed by atoms with E-state index >= 15 is 0 Å². The fourth-order valence-electron chi connectivity index (χ4n) is 4.59. The molecule has 4 aromatic carbocycles. The zero-order valence-corrected chi connectivity index (χ0v) is 24.8. The smallest absolute Gasteiger partial charge is 0.294 e. The second-order valence-corrected chi connectivity index (χ2v) is 16.5. The molecule has 12 heteroatoms. The number of hydrogen-bond acceptors (Lipinski definition) is 6. The number of anilines is 2. The first-order valence-corrected chi connectivity index (χ1v) is 18.6. The minimum Gasteiger partial charge on any atom is -0.363 e. The molecule has 1 fully saturated rings. The van der Waals surface area contributed by atoms with E-state index in [1.165, 1.54) is 34.9 Å². The van der Waals surface area contributed by atoms with Crippen LogP contribution < -0.4 is 20.4 Å². The summed E-state index contributed by atoms with van der Waals surface area (Å²) in [4.78, 5) is 4.34. The van der Waals surface area contributed by atoms with Gasteiger partial charge >= 0.3 is 0 Å². The van der Waals surface area contributed by atoms with E-state index in [1.54, 1.807) is 24.3 Å². The summed E-state index contributed by atoms with van der Waals surface area (Å²) in [6.07, 6.45) is 2.87. The maximum absolute atomic E-state index is 11.6. The summed E-state index contributed by atoms with van der Waals surface area (Å²) in [5.74, 6) is 0. The molecule has 0 aromatic heterocycles. The minimum atomic E-state index is -4.29. The fourth-order valence-corrected chi connectivity index (χ4v) is 10.6. The molecule has 1 aliphatic rings. The van der Waals surface area contributed by atoms with E-state index < -0.39 is 36.1 Å². The van der Waals surface area contributed by atoms with Crippen LogP contribution in [-0.4, -0.2) is 51.1 Å². The molecule has 0 unspecified atom stereocenters. The van der Waals surface area contributed by atoms with Gasteiger partial charge in [-0.05, 0) is 75.0 Å². The van der Waals surface area contributed by atoms with Crippen molar-refractivity contribution in [3.63, 3.8) is 0 Å². The predicted octanol–water partition coefficient (Wildman–Crippen LogP) is 4.95. The highest BCUT2D eigenvalue weighted by molar-refractivity contribution is 7.86. The fraction of sp³-hybridized carbons (Fsp3) is 0.143. The van der Waals surface area contributed by atoms with Crippen molar-refractivity contribution in [1.29, 1.82) is 0 Å². The Hall–Kier alpha value is -2.84. The van der Waals surface area contributed by atoms with Crippen LogP contribution in [-0.2, 0) is 20.2 Å². The second-order valence-electron chi connectivity index (χ2n) is 9.33. The number of nitrogens with zero attached hydrogens (tertiary/aromatic N) is 2. The molecule has 1 saturated heterocycles. The summed E-state index contributed by atoms with van der Waals surface area (Å²) < 4.78 is 65.5. The molecule has 0 spiro atoms. The van der Waals surface area contributed by atoms with E-state index in [4.69, 9.17) is 0 Å². The standard InChI is InChI=1S/C28H28N2O6P2S2/c31-39(32,33)27-15-11-23(12-16-27)29-19-37(25-7-3-1-4-8-25)20-30(22-38(21-29)26-9-5-2-6-10-26)24-13-17-28(18-14-24)40(34,35)36/h1-18H,19-22H2,(H,31,32,33)(H,34,35,36). The van der Waals surface area contributed by atoms with E-state index in [-0.39, 0.29) is 9.79 Å². The van der Waals surface area contributed by atoms with Gasteiger partial charge in [0.1, 0.15) is 0 Å². The van der Waals surface area contributed by atoms with Crippen molar-refractivity contribution >= 4 is 58.1 Å². The highest BCUT2D eigenvalue weighted by Crippen LogP contribution is 2.47. The molecule has 2 N–H and O–H groups in total. The summed E-state index contributed by atoms with van der Waals surface area (Å²) >= 11 is 0. The molecule has 1 aliphatic heterocycles. The molecule has 4 aromatic rings. The van der Waals surface area contributed by atoms with Crippen molar-refractivity contribution in [1.82, 2.24) is 0 Å². The average molecular weight is 615 g/mol. The van der Waals surface area contributed by atoms with Crippen LogP contribution >= 0.6 is 15.8 Å². The maximum Gasteiger partial charge on any atom is 0.294 e. The Balaban J connectivity index is 1.55. The normalized spacial score (nSPS) is 18.6. The molecule has 40 heavy (non-hydrogen) atoms. The highest BCUT2D eigenvalue weighted by atomic mass is 32.2. The van der Waals surface area contributed by atoms with Gasteiger partial charge in [0.25, 0.3) is 20.2 Å². The van der Waals surface area contributed by atoms with Crippen LogP contribution in [0.2, 0.25) is 0 Å². The van der Waals surface area contributed by atoms with Crippen molar-refractivity contribution in [2.45, 2.75) is 9.79 Å². The molecule has 8 nitrogen and oxygen atoms in total. The molecule has 0 atom stereocenters. The summed E-state index contributed by atoms with van der Waals surface area (Å²) in [6.45, 7) is 0. The van der Waals surface area contributed by atoms with E-state index in [0.717, 1.165) is 36.5 Å². The van der Waals surface area contributed by atoms with Gasteiger partial charge in [-0.3, -0.25) is 9.11 Å². The third kappa shape index (κ3) is 6.89. The third-order valence-electron chi connectivity index (χ3n) is 6.61. The molecular weight excluding hydrogens is 586 g/mol. The van der Waals surface area contributed by atoms with Crippen LogP contribution in [0.1, 0.15) is 0 Å². The Morgan fingerprint density at radius 3 is 1.05 bits per heavy atom. The Morgan fingerprint density at radius 1 is 0.475 bits per heavy atom. The van der Waals surface area contributed by atoms with Gasteiger partial charge in [0.15, 0.2) is 0 Å². The quantitative estimate of drug-likeness (QED) is 0.232. The van der Waals surface area contributed by atoms with Gasteiger partial charge in [-0.2, -0.15) is 16.8 Å². The molecule has 0 radical (unpaired) electrons. The zero-order valence-electron chi connectivity index (χ0n) is 21.4. The SMILES string of the molecule is O=S(=O)(O)c1ccc(N2CP(c3ccccc3)CN(c3ccc(S(=O)(=O)O)cc3)CP(c3ccccc3)C2)cc1. The summed E-state index contributed by atoms with van der Waals surface area (Å²) in [7, 11) is -10.1. The molecule has 0 amide bonds. The van der Waals surface area contributed by atoms with Crippen LogP contribution in [0.15, 0.2) is 119 Å². The topological polar surface area (TPSA) is 115 Å². The van der Waals surface area contributed by atoms with E-state index in [1.807, 2.05) is 36.4 Å². The highest BCUT2D eigenvalue weighted by Gasteiger charge is 2.28. The Morgan fingerprint density at radius 2 is 0.775 bits per heavy atom. The van der Waals surface area contributed by atoms with Crippen LogP contribution in [0.3, 0.4) is 0 Å². The first-order chi connectivity index (χ1) is 19.1. The molecule has 0 saturated carbocycles. The second kappa shape index (κ2) is 12.0. The van der Waals surface area contributed by atoms with E-state index in [2.05, 4.69) is 34.1 Å². The lowest BCUT2D eigenvalue weighted by molar-refractivity contribution is 0.481. The summed E-state index contributed by atoms with van der Waals surface area (Å²) in [5.41, 5.74) is 1.76. The number of benzene rings is 4. The van der Waals surface area contributed by atoms with Crippen LogP contribution in [0.4, 0.5) is 11.4 Å². The van der Waals surface area contributed by atoms with Gasteiger partial charge in [-0.15, -0.1) is 0 Å². The van der Waals surface area contributed by atoms with Gasteiger partial charge in [0.2, 0.25) is 0 Å². The van der Waals surface area contributed by atoms with Gasteiger partial charge in [0, 0.05) is 36.5 Å². The third-order valence-corrected chi connectivity index (χ3v) is 13.1. The van der Waals surface area contributed by atoms with Crippen molar-refractivity contribution < 1.29 is 25.9 Å². The first kappa shape index (κ1) is 28.7. The number of rotatable bonds is 6. The van der Waals surface area contributed by atoms with Gasteiger partial charge in [-0.1, -0.05) is 60.7 Å². The Kier molecular flexibility index (Phi) is 8.57. The molecule has 1 heterocycles. The minimum absolute atomic E-state index is 0.140. The van der Waals surface area contributed by atoms with E-state index in [9.17, 15) is 25.9 Å². The lowest BCUT2D eigenvalue weighted by Gasteiger charge is -2.41. The molecular formula is C28H28N2O6P2S2. The molecule has 0 aliphatic carbocycles. The summed E-state index contributed by atoms with van der Waals surface area (Å²) in [5, 5.41) is 2.42. The predicted molar refractivity (Wildman–Crippen MR) is 163 cm³/mol. The Labute approximate surface area is 237 Å². The van der Waals surface area contributed by atoms with E-state index in [0.29, 0.717) is 0 Å². The van der Waals surface area contributed by atoms with Crippen LogP contribution in [0, 0.1) is 0 Å². The van der Waals surface area contributed by atoms with Crippen LogP contribution in [0.25, 0.3) is 0 Å². The van der Waals surface area contributed by atoms with Crippen molar-refractivity contribution in [2.24, 2.45) is 0 Å². The van der Waals surface area contributed by atoms with Gasteiger partial charge in [-0.25, -0.2) is 0 Å². The monoisotopic (exact) mass is 614 g/mol. The largest absolute Gasteiger partial charge is 0.363 e. The van der Waals surface area contributed by atoms with Crippen LogP contribution in [0.5, 0.6) is 0 Å². The maximum atomic E-state index is 11.6. The molecule has 208 valence electrons. The Bertz CT molecular complexity index is 1520. The average Bonchev–Trinajstić information content (AvgIpc) is 2.93. The zero-order chi connectivity index (χ0) is 28.3. The van der Waals surface area contributed by atoms with Crippen molar-refractivity contribution in [3.05, 3.63) is 109 Å². The summed E-state index contributed by atoms with van der Waals surface area (Å²) in [6, 6.07) is 33.2. The number of hydrogen-bond donors (Lipinski definition) is 2.